The zero-order valence-electron chi connectivity index (χ0n) is 22.7. The summed E-state index contributed by atoms with van der Waals surface area (Å²) in [7, 11) is 1.55. The molecule has 42 heavy (non-hydrogen) atoms. The van der Waals surface area contributed by atoms with Crippen LogP contribution in [0.3, 0.4) is 0 Å². The monoisotopic (exact) mass is 627 g/mol. The van der Waals surface area contributed by atoms with E-state index in [1.54, 1.807) is 70.4 Å². The van der Waals surface area contributed by atoms with Crippen molar-refractivity contribution in [3.8, 4) is 17.1 Å². The standard InChI is InChI=1S/C29H23Cl2N3O7S/c1-14(2)40-28(36)25-15(3)32-29-33(26(25)16-5-7-17(39-4)8-6-16)27(35)24(42-29)11-18-9-10-23(41-18)19-12-21(31)22(34(37)38)13-20(19)30/h5-14,26H,1-4H3/b24-11+. The molecular weight excluding hydrogens is 605 g/mol. The first-order valence-corrected chi connectivity index (χ1v) is 14.2. The Labute approximate surface area is 252 Å². The maximum absolute atomic E-state index is 13.8. The number of hydrogen-bond donors (Lipinski definition) is 0. The van der Waals surface area contributed by atoms with Gasteiger partial charge in [0.25, 0.3) is 11.2 Å². The van der Waals surface area contributed by atoms with Crippen LogP contribution < -0.4 is 19.6 Å². The van der Waals surface area contributed by atoms with Crippen LogP contribution in [0, 0.1) is 10.1 Å². The van der Waals surface area contributed by atoms with Crippen LogP contribution in [0.4, 0.5) is 5.69 Å². The van der Waals surface area contributed by atoms with E-state index < -0.39 is 16.9 Å². The second kappa shape index (κ2) is 11.6. The second-order valence-electron chi connectivity index (χ2n) is 9.55. The van der Waals surface area contributed by atoms with Crippen molar-refractivity contribution in [1.82, 2.24) is 4.57 Å². The average Bonchev–Trinajstić information content (AvgIpc) is 3.52. The number of rotatable bonds is 7. The maximum Gasteiger partial charge on any atom is 0.338 e. The summed E-state index contributed by atoms with van der Waals surface area (Å²) in [4.78, 5) is 42.6. The van der Waals surface area contributed by atoms with E-state index in [1.165, 1.54) is 10.6 Å². The van der Waals surface area contributed by atoms with Gasteiger partial charge in [-0.3, -0.25) is 19.5 Å². The van der Waals surface area contributed by atoms with Crippen molar-refractivity contribution in [2.75, 3.05) is 7.11 Å². The highest BCUT2D eigenvalue weighted by Gasteiger charge is 2.34. The predicted octanol–water partition coefficient (Wildman–Crippen LogP) is 5.67. The van der Waals surface area contributed by atoms with Crippen molar-refractivity contribution in [3.63, 3.8) is 0 Å². The smallest absolute Gasteiger partial charge is 0.338 e. The minimum absolute atomic E-state index is 0.0853. The van der Waals surface area contributed by atoms with Crippen LogP contribution in [-0.2, 0) is 9.53 Å². The number of nitrogens with zero attached hydrogens (tertiary/aromatic N) is 3. The lowest BCUT2D eigenvalue weighted by Crippen LogP contribution is -2.40. The number of ether oxygens (including phenoxy) is 2. The van der Waals surface area contributed by atoms with Gasteiger partial charge in [0, 0.05) is 17.7 Å². The van der Waals surface area contributed by atoms with Gasteiger partial charge in [0.1, 0.15) is 22.3 Å². The Morgan fingerprint density at radius 1 is 1.17 bits per heavy atom. The van der Waals surface area contributed by atoms with Crippen molar-refractivity contribution in [2.45, 2.75) is 32.9 Å². The number of nitro benzene ring substituents is 1. The van der Waals surface area contributed by atoms with Crippen molar-refractivity contribution < 1.29 is 23.6 Å². The average molecular weight is 628 g/mol. The van der Waals surface area contributed by atoms with Crippen LogP contribution in [0.2, 0.25) is 10.0 Å². The number of allylic oxidation sites excluding steroid dienone is 1. The molecule has 1 unspecified atom stereocenters. The minimum atomic E-state index is -0.784. The fraction of sp³-hybridized carbons (Fsp3) is 0.207. The molecule has 1 aliphatic heterocycles. The van der Waals surface area contributed by atoms with Gasteiger partial charge >= 0.3 is 5.97 Å². The predicted molar refractivity (Wildman–Crippen MR) is 159 cm³/mol. The highest BCUT2D eigenvalue weighted by Crippen LogP contribution is 2.37. The lowest BCUT2D eigenvalue weighted by molar-refractivity contribution is -0.384. The first-order chi connectivity index (χ1) is 20.0. The molecule has 0 bridgehead atoms. The summed E-state index contributed by atoms with van der Waals surface area (Å²) in [6, 6.07) is 12.1. The normalized spacial score (nSPS) is 15.0. The van der Waals surface area contributed by atoms with E-state index in [0.717, 1.165) is 17.4 Å². The Kier molecular flexibility index (Phi) is 8.09. The van der Waals surface area contributed by atoms with E-state index in [-0.39, 0.29) is 33.0 Å². The molecule has 4 aromatic rings. The molecule has 13 heteroatoms. The molecule has 1 atom stereocenters. The number of hydrogen-bond acceptors (Lipinski definition) is 9. The van der Waals surface area contributed by atoms with Crippen molar-refractivity contribution in [2.24, 2.45) is 4.99 Å². The number of furan rings is 1. The second-order valence-corrected chi connectivity index (χ2v) is 11.4. The lowest BCUT2D eigenvalue weighted by atomic mass is 9.96. The summed E-state index contributed by atoms with van der Waals surface area (Å²) in [5.74, 6) is 0.704. The molecule has 2 aromatic heterocycles. The number of carbonyl (C=O) groups excluding carboxylic acids is 1. The number of aromatic nitrogens is 1. The van der Waals surface area contributed by atoms with Crippen LogP contribution in [0.1, 0.15) is 38.1 Å². The number of thiazole rings is 1. The van der Waals surface area contributed by atoms with Gasteiger partial charge < -0.3 is 13.9 Å². The van der Waals surface area contributed by atoms with E-state index in [2.05, 4.69) is 4.99 Å². The van der Waals surface area contributed by atoms with Crippen LogP contribution >= 0.6 is 34.5 Å². The molecule has 0 aliphatic carbocycles. The molecule has 3 heterocycles. The summed E-state index contributed by atoms with van der Waals surface area (Å²) in [5, 5.41) is 11.2. The summed E-state index contributed by atoms with van der Waals surface area (Å²) in [5.41, 5.74) is 1.04. The molecule has 0 saturated heterocycles. The zero-order chi connectivity index (χ0) is 30.3. The first kappa shape index (κ1) is 29.3. The van der Waals surface area contributed by atoms with Crippen LogP contribution in [0.15, 0.2) is 74.0 Å². The number of nitro groups is 1. The molecule has 10 nitrogen and oxygen atoms in total. The molecule has 0 N–H and O–H groups in total. The zero-order valence-corrected chi connectivity index (χ0v) is 25.0. The fourth-order valence-electron chi connectivity index (χ4n) is 4.53. The van der Waals surface area contributed by atoms with Crippen molar-refractivity contribution in [3.05, 3.63) is 111 Å². The van der Waals surface area contributed by atoms with Gasteiger partial charge in [-0.05, 0) is 56.7 Å². The minimum Gasteiger partial charge on any atom is -0.497 e. The molecule has 216 valence electrons. The summed E-state index contributed by atoms with van der Waals surface area (Å²) in [6.07, 6.45) is 1.19. The van der Waals surface area contributed by atoms with Gasteiger partial charge in [0.05, 0.1) is 45.0 Å². The van der Waals surface area contributed by atoms with Gasteiger partial charge in [-0.15, -0.1) is 0 Å². The van der Waals surface area contributed by atoms with Crippen LogP contribution in [0.5, 0.6) is 5.75 Å². The molecule has 0 radical (unpaired) electrons. The summed E-state index contributed by atoms with van der Waals surface area (Å²) in [6.45, 7) is 5.21. The Hall–Kier alpha value is -4.19. The number of methoxy groups -OCH3 is 1. The summed E-state index contributed by atoms with van der Waals surface area (Å²) >= 11 is 13.5. The lowest BCUT2D eigenvalue weighted by Gasteiger charge is -2.25. The largest absolute Gasteiger partial charge is 0.497 e. The van der Waals surface area contributed by atoms with E-state index in [1.807, 2.05) is 0 Å². The van der Waals surface area contributed by atoms with E-state index in [4.69, 9.17) is 37.1 Å². The Morgan fingerprint density at radius 3 is 2.52 bits per heavy atom. The van der Waals surface area contributed by atoms with Gasteiger partial charge in [-0.2, -0.15) is 0 Å². The fourth-order valence-corrected chi connectivity index (χ4v) is 6.04. The quantitative estimate of drug-likeness (QED) is 0.147. The van der Waals surface area contributed by atoms with Gasteiger partial charge in [0.2, 0.25) is 0 Å². The molecular formula is C29H23Cl2N3O7S. The first-order valence-electron chi connectivity index (χ1n) is 12.6. The topological polar surface area (TPSA) is 126 Å². The van der Waals surface area contributed by atoms with E-state index in [0.29, 0.717) is 43.4 Å². The molecule has 0 fully saturated rings. The number of carbonyl (C=O) groups is 1. The Morgan fingerprint density at radius 2 is 1.88 bits per heavy atom. The number of esters is 1. The number of fused-ring (bicyclic) bond motifs is 1. The molecule has 2 aromatic carbocycles. The molecule has 1 aliphatic rings. The van der Waals surface area contributed by atoms with Gasteiger partial charge in [-0.1, -0.05) is 46.7 Å². The number of halogens is 2. The van der Waals surface area contributed by atoms with E-state index >= 15 is 0 Å². The van der Waals surface area contributed by atoms with Crippen LogP contribution in [0.25, 0.3) is 17.4 Å². The van der Waals surface area contributed by atoms with Gasteiger partial charge in [-0.25, -0.2) is 9.79 Å². The van der Waals surface area contributed by atoms with E-state index in [9.17, 15) is 19.7 Å². The highest BCUT2D eigenvalue weighted by molar-refractivity contribution is 7.07. The Balaban J connectivity index is 1.61. The molecule has 0 amide bonds. The van der Waals surface area contributed by atoms with Crippen molar-refractivity contribution in [1.29, 1.82) is 0 Å². The third-order valence-corrected chi connectivity index (χ3v) is 8.01. The molecule has 0 saturated carbocycles. The number of benzene rings is 2. The third kappa shape index (κ3) is 5.50. The van der Waals surface area contributed by atoms with Crippen molar-refractivity contribution >= 4 is 52.3 Å². The van der Waals surface area contributed by atoms with Gasteiger partial charge in [0.15, 0.2) is 4.80 Å². The Bertz CT molecular complexity index is 1940. The SMILES string of the molecule is COc1ccc(C2C(C(=O)OC(C)C)=C(C)N=c3s/c(=C/c4ccc(-c5cc(Cl)c([N+](=O)[O-])cc5Cl)o4)c(=O)n32)cc1. The third-order valence-electron chi connectivity index (χ3n) is 6.41. The molecule has 0 spiro atoms. The summed E-state index contributed by atoms with van der Waals surface area (Å²) < 4.78 is 18.5. The highest BCUT2D eigenvalue weighted by atomic mass is 35.5. The van der Waals surface area contributed by atoms with Crippen LogP contribution in [-0.4, -0.2) is 28.7 Å². The molecule has 5 rings (SSSR count). The maximum atomic E-state index is 13.8.